The fraction of sp³-hybridized carbons (Fsp3) is 0.350. The van der Waals surface area contributed by atoms with Crippen molar-refractivity contribution < 1.29 is 19.1 Å². The molecule has 0 spiro atoms. The first-order chi connectivity index (χ1) is 13.3. The first-order valence-corrected chi connectivity index (χ1v) is 9.34. The van der Waals surface area contributed by atoms with Gasteiger partial charge in [-0.05, 0) is 50.1 Å². The van der Waals surface area contributed by atoms with Crippen molar-refractivity contribution >= 4 is 35.4 Å². The Kier molecular flexibility index (Phi) is 7.63. The summed E-state index contributed by atoms with van der Waals surface area (Å²) in [5, 5.41) is 7.44. The molecule has 28 heavy (non-hydrogen) atoms. The maximum absolute atomic E-state index is 12.1. The molecule has 0 radical (unpaired) electrons. The smallest absolute Gasteiger partial charge is 0.411 e. The average molecular weight is 406 g/mol. The number of hydrogen-bond acceptors (Lipinski definition) is 5. The summed E-state index contributed by atoms with van der Waals surface area (Å²) in [6.45, 7) is 8.70. The van der Waals surface area contributed by atoms with Crippen LogP contribution >= 0.6 is 11.6 Å². The molecule has 0 fully saturated rings. The number of benzene rings is 1. The maximum atomic E-state index is 12.1. The SMILES string of the molecule is CCOC(=O)Nc1ccc(OC(=O)/C=C/c2c(C)nn(CC(C)C)c2Cl)cc1. The minimum absolute atomic E-state index is 0.285. The maximum Gasteiger partial charge on any atom is 0.411 e. The summed E-state index contributed by atoms with van der Waals surface area (Å²) in [4.78, 5) is 23.4. The number of aryl methyl sites for hydroxylation is 1. The van der Waals surface area contributed by atoms with E-state index in [1.165, 1.54) is 6.08 Å². The summed E-state index contributed by atoms with van der Waals surface area (Å²) in [7, 11) is 0. The number of carbonyl (C=O) groups is 2. The van der Waals surface area contributed by atoms with Gasteiger partial charge in [0.1, 0.15) is 10.9 Å². The van der Waals surface area contributed by atoms with Crippen LogP contribution in [0.15, 0.2) is 30.3 Å². The van der Waals surface area contributed by atoms with Crippen molar-refractivity contribution in [2.75, 3.05) is 11.9 Å². The van der Waals surface area contributed by atoms with Gasteiger partial charge in [0.15, 0.2) is 0 Å². The van der Waals surface area contributed by atoms with Crippen LogP contribution in [0.4, 0.5) is 10.5 Å². The quantitative estimate of drug-likeness (QED) is 0.410. The zero-order valence-electron chi connectivity index (χ0n) is 16.4. The van der Waals surface area contributed by atoms with Crippen LogP contribution in [0.2, 0.25) is 5.15 Å². The molecule has 1 amide bonds. The second kappa shape index (κ2) is 9.94. The zero-order chi connectivity index (χ0) is 20.7. The molecule has 7 nitrogen and oxygen atoms in total. The van der Waals surface area contributed by atoms with E-state index in [2.05, 4.69) is 24.3 Å². The van der Waals surface area contributed by atoms with Gasteiger partial charge in [-0.2, -0.15) is 5.10 Å². The molecule has 0 unspecified atom stereocenters. The van der Waals surface area contributed by atoms with E-state index in [1.807, 2.05) is 6.92 Å². The number of ether oxygens (including phenoxy) is 2. The standard InChI is InChI=1S/C20H24ClN3O4/c1-5-27-20(26)22-15-6-8-16(9-7-15)28-18(25)11-10-17-14(4)23-24(19(17)21)12-13(2)3/h6-11,13H,5,12H2,1-4H3,(H,22,26)/b11-10+. The topological polar surface area (TPSA) is 82.4 Å². The number of amides is 1. The van der Waals surface area contributed by atoms with E-state index in [-0.39, 0.29) is 6.61 Å². The molecule has 150 valence electrons. The van der Waals surface area contributed by atoms with Crippen molar-refractivity contribution in [3.63, 3.8) is 0 Å². The molecule has 2 aromatic rings. The molecule has 0 saturated heterocycles. The summed E-state index contributed by atoms with van der Waals surface area (Å²) in [6, 6.07) is 6.37. The van der Waals surface area contributed by atoms with Gasteiger partial charge in [-0.1, -0.05) is 25.4 Å². The van der Waals surface area contributed by atoms with Crippen LogP contribution in [-0.2, 0) is 16.1 Å². The Morgan fingerprint density at radius 2 is 1.96 bits per heavy atom. The van der Waals surface area contributed by atoms with Crippen molar-refractivity contribution in [2.24, 2.45) is 5.92 Å². The van der Waals surface area contributed by atoms with Gasteiger partial charge in [0.05, 0.1) is 12.3 Å². The van der Waals surface area contributed by atoms with E-state index in [9.17, 15) is 9.59 Å². The van der Waals surface area contributed by atoms with Gasteiger partial charge in [0.2, 0.25) is 0 Å². The molecule has 2 rings (SSSR count). The Morgan fingerprint density at radius 1 is 1.29 bits per heavy atom. The van der Waals surface area contributed by atoms with Gasteiger partial charge in [0.25, 0.3) is 0 Å². The minimum atomic E-state index is -0.543. The average Bonchev–Trinajstić information content (AvgIpc) is 2.88. The van der Waals surface area contributed by atoms with Crippen molar-refractivity contribution in [1.29, 1.82) is 0 Å². The second-order valence-corrected chi connectivity index (χ2v) is 6.85. The highest BCUT2D eigenvalue weighted by Crippen LogP contribution is 2.22. The number of hydrogen-bond donors (Lipinski definition) is 1. The number of esters is 1. The highest BCUT2D eigenvalue weighted by Gasteiger charge is 2.12. The lowest BCUT2D eigenvalue weighted by Gasteiger charge is -2.06. The molecule has 1 N–H and O–H groups in total. The molecule has 1 heterocycles. The molecular weight excluding hydrogens is 382 g/mol. The Labute approximate surface area is 169 Å². The Hall–Kier alpha value is -2.80. The van der Waals surface area contributed by atoms with Crippen LogP contribution in [0.1, 0.15) is 32.0 Å². The van der Waals surface area contributed by atoms with E-state index in [0.717, 1.165) is 5.69 Å². The van der Waals surface area contributed by atoms with E-state index in [0.29, 0.717) is 34.6 Å². The summed E-state index contributed by atoms with van der Waals surface area (Å²) in [6.07, 6.45) is 2.36. The molecule has 1 aromatic heterocycles. The summed E-state index contributed by atoms with van der Waals surface area (Å²) in [5.41, 5.74) is 1.96. The van der Waals surface area contributed by atoms with Crippen LogP contribution in [0.25, 0.3) is 6.08 Å². The normalized spacial score (nSPS) is 11.1. The predicted molar refractivity (Wildman–Crippen MR) is 109 cm³/mol. The molecule has 0 saturated carbocycles. The third-order valence-corrected chi connectivity index (χ3v) is 4.03. The monoisotopic (exact) mass is 405 g/mol. The molecule has 0 aliphatic rings. The van der Waals surface area contributed by atoms with Gasteiger partial charge in [0, 0.05) is 23.9 Å². The molecule has 8 heteroatoms. The fourth-order valence-corrected chi connectivity index (χ4v) is 2.72. The lowest BCUT2D eigenvalue weighted by atomic mass is 10.2. The van der Waals surface area contributed by atoms with E-state index in [4.69, 9.17) is 21.1 Å². The predicted octanol–water partition coefficient (Wildman–Crippen LogP) is 4.69. The first-order valence-electron chi connectivity index (χ1n) is 8.96. The van der Waals surface area contributed by atoms with Gasteiger partial charge < -0.3 is 9.47 Å². The van der Waals surface area contributed by atoms with Crippen LogP contribution < -0.4 is 10.1 Å². The number of halogens is 1. The third-order valence-electron chi connectivity index (χ3n) is 3.63. The van der Waals surface area contributed by atoms with Crippen molar-refractivity contribution in [3.05, 3.63) is 46.8 Å². The highest BCUT2D eigenvalue weighted by molar-refractivity contribution is 6.31. The lowest BCUT2D eigenvalue weighted by molar-refractivity contribution is -0.128. The largest absolute Gasteiger partial charge is 0.450 e. The number of anilines is 1. The van der Waals surface area contributed by atoms with E-state index < -0.39 is 12.1 Å². The molecule has 0 aliphatic carbocycles. The highest BCUT2D eigenvalue weighted by atomic mass is 35.5. The Bertz CT molecular complexity index is 857. The lowest BCUT2D eigenvalue weighted by Crippen LogP contribution is -2.13. The Morgan fingerprint density at radius 3 is 2.57 bits per heavy atom. The number of aromatic nitrogens is 2. The number of nitrogens with zero attached hydrogens (tertiary/aromatic N) is 2. The third kappa shape index (κ3) is 6.13. The van der Waals surface area contributed by atoms with Gasteiger partial charge in [-0.3, -0.25) is 10.00 Å². The van der Waals surface area contributed by atoms with Crippen LogP contribution in [0, 0.1) is 12.8 Å². The van der Waals surface area contributed by atoms with E-state index >= 15 is 0 Å². The molecule has 0 aliphatic heterocycles. The second-order valence-electron chi connectivity index (χ2n) is 6.49. The minimum Gasteiger partial charge on any atom is -0.450 e. The van der Waals surface area contributed by atoms with Crippen molar-refractivity contribution in [1.82, 2.24) is 9.78 Å². The van der Waals surface area contributed by atoms with Crippen LogP contribution in [0.5, 0.6) is 5.75 Å². The van der Waals surface area contributed by atoms with Gasteiger partial charge in [-0.25, -0.2) is 9.59 Å². The summed E-state index contributed by atoms with van der Waals surface area (Å²) >= 11 is 6.35. The molecule has 1 aromatic carbocycles. The number of rotatable bonds is 7. The van der Waals surface area contributed by atoms with Gasteiger partial charge >= 0.3 is 12.1 Å². The van der Waals surface area contributed by atoms with Crippen molar-refractivity contribution in [2.45, 2.75) is 34.2 Å². The number of nitrogens with one attached hydrogen (secondary N) is 1. The zero-order valence-corrected chi connectivity index (χ0v) is 17.1. The molecular formula is C20H24ClN3O4. The number of carbonyl (C=O) groups excluding carboxylic acids is 2. The molecule has 0 atom stereocenters. The van der Waals surface area contributed by atoms with Crippen LogP contribution in [-0.4, -0.2) is 28.4 Å². The van der Waals surface area contributed by atoms with E-state index in [1.54, 1.807) is 41.9 Å². The summed E-state index contributed by atoms with van der Waals surface area (Å²) in [5.74, 6) is 0.209. The molecule has 0 bridgehead atoms. The van der Waals surface area contributed by atoms with Crippen LogP contribution in [0.3, 0.4) is 0 Å². The fourth-order valence-electron chi connectivity index (χ4n) is 2.42. The summed E-state index contributed by atoms with van der Waals surface area (Å²) < 4.78 is 11.8. The van der Waals surface area contributed by atoms with Gasteiger partial charge in [-0.15, -0.1) is 0 Å². The Balaban J connectivity index is 1.98. The first kappa shape index (κ1) is 21.5. The van der Waals surface area contributed by atoms with Crippen molar-refractivity contribution in [3.8, 4) is 5.75 Å².